The van der Waals surface area contributed by atoms with Crippen LogP contribution in [0.2, 0.25) is 0 Å². The van der Waals surface area contributed by atoms with Gasteiger partial charge in [0.2, 0.25) is 0 Å². The topological polar surface area (TPSA) is 65.6 Å². The Morgan fingerprint density at radius 2 is 2.06 bits per heavy atom. The molecule has 2 heterocycles. The second-order valence-electron chi connectivity index (χ2n) is 7.74. The molecule has 0 fully saturated rings. The minimum absolute atomic E-state index is 0.224. The van der Waals surface area contributed by atoms with E-state index in [1.807, 2.05) is 19.9 Å². The Balaban J connectivity index is 1.38. The van der Waals surface area contributed by atoms with E-state index in [4.69, 9.17) is 18.9 Å². The summed E-state index contributed by atoms with van der Waals surface area (Å²) in [5, 5.41) is 9.93. The van der Waals surface area contributed by atoms with Crippen LogP contribution in [-0.2, 0) is 20.6 Å². The number of aromatic nitrogens is 2. The number of nitrogens with zero attached hydrogens (tertiary/aromatic N) is 1. The molecule has 1 aromatic carbocycles. The number of H-pyrrole nitrogens is 1. The van der Waals surface area contributed by atoms with Crippen LogP contribution in [0.3, 0.4) is 0 Å². The molecule has 1 N–H and O–H groups in total. The third kappa shape index (κ3) is 5.40. The summed E-state index contributed by atoms with van der Waals surface area (Å²) < 4.78 is 21.8. The monoisotopic (exact) mass is 452 g/mol. The first-order chi connectivity index (χ1) is 15.7. The van der Waals surface area contributed by atoms with Gasteiger partial charge in [-0.25, -0.2) is 0 Å². The summed E-state index contributed by atoms with van der Waals surface area (Å²) in [6.07, 6.45) is 1.06. The van der Waals surface area contributed by atoms with E-state index in [-0.39, 0.29) is 6.10 Å². The van der Waals surface area contributed by atoms with Gasteiger partial charge in [0.15, 0.2) is 0 Å². The van der Waals surface area contributed by atoms with E-state index < -0.39 is 0 Å². The summed E-state index contributed by atoms with van der Waals surface area (Å²) in [6.45, 7) is 6.69. The van der Waals surface area contributed by atoms with Crippen LogP contribution in [-0.4, -0.2) is 56.4 Å². The van der Waals surface area contributed by atoms with Crippen LogP contribution in [0.4, 0.5) is 0 Å². The van der Waals surface area contributed by atoms with Crippen molar-refractivity contribution in [3.05, 3.63) is 45.6 Å². The van der Waals surface area contributed by atoms with Gasteiger partial charge in [-0.15, -0.1) is 11.3 Å². The minimum atomic E-state index is 0.224. The first kappa shape index (κ1) is 22.6. The molecular formula is C25H28N2O4S. The predicted octanol–water partition coefficient (Wildman–Crippen LogP) is 4.53. The van der Waals surface area contributed by atoms with Crippen molar-refractivity contribution in [3.63, 3.8) is 0 Å². The normalized spacial score (nSPS) is 11.9. The van der Waals surface area contributed by atoms with Crippen molar-refractivity contribution in [3.8, 4) is 40.1 Å². The zero-order chi connectivity index (χ0) is 22.3. The number of aromatic amines is 1. The number of fused-ring (bicyclic) bond motifs is 3. The zero-order valence-corrected chi connectivity index (χ0v) is 19.5. The van der Waals surface area contributed by atoms with Gasteiger partial charge in [0.1, 0.15) is 19.0 Å². The largest absolute Gasteiger partial charge is 0.491 e. The van der Waals surface area contributed by atoms with Crippen LogP contribution < -0.4 is 4.74 Å². The van der Waals surface area contributed by atoms with Crippen LogP contribution in [0.5, 0.6) is 5.75 Å². The summed E-state index contributed by atoms with van der Waals surface area (Å²) in [5.41, 5.74) is 6.83. The molecule has 0 aliphatic heterocycles. The molecule has 168 valence electrons. The van der Waals surface area contributed by atoms with E-state index in [1.54, 1.807) is 18.4 Å². The lowest BCUT2D eigenvalue weighted by Gasteiger charge is -2.07. The highest BCUT2D eigenvalue weighted by Crippen LogP contribution is 2.41. The first-order valence-corrected chi connectivity index (χ1v) is 11.6. The SMILES string of the molecule is COCCOc1ccc2c(c1)Cc1c(-c3csc(C#CCOCCOC(C)C)c3)n[nH]c1-2. The maximum Gasteiger partial charge on any atom is 0.119 e. The molecule has 1 aliphatic rings. The Kier molecular flexibility index (Phi) is 7.61. The summed E-state index contributed by atoms with van der Waals surface area (Å²) in [6, 6.07) is 8.30. The molecule has 0 saturated heterocycles. The Bertz CT molecular complexity index is 1110. The molecule has 0 amide bonds. The highest BCUT2D eigenvalue weighted by Gasteiger charge is 2.25. The summed E-state index contributed by atoms with van der Waals surface area (Å²) >= 11 is 1.62. The number of nitrogens with one attached hydrogen (secondary N) is 1. The van der Waals surface area contributed by atoms with Crippen molar-refractivity contribution in [2.24, 2.45) is 0 Å². The van der Waals surface area contributed by atoms with Gasteiger partial charge in [-0.2, -0.15) is 5.10 Å². The van der Waals surface area contributed by atoms with Crippen LogP contribution in [0.1, 0.15) is 29.9 Å². The lowest BCUT2D eigenvalue weighted by molar-refractivity contribution is 0.0280. The van der Waals surface area contributed by atoms with Gasteiger partial charge >= 0.3 is 0 Å². The number of hydrogen-bond donors (Lipinski definition) is 1. The van der Waals surface area contributed by atoms with E-state index in [1.165, 1.54) is 16.7 Å². The number of ether oxygens (including phenoxy) is 4. The Labute approximate surface area is 192 Å². The quantitative estimate of drug-likeness (QED) is 0.283. The second-order valence-corrected chi connectivity index (χ2v) is 8.65. The fourth-order valence-corrected chi connectivity index (χ4v) is 4.36. The lowest BCUT2D eigenvalue weighted by Crippen LogP contribution is -2.09. The van der Waals surface area contributed by atoms with Crippen molar-refractivity contribution < 1.29 is 18.9 Å². The number of rotatable bonds is 10. The van der Waals surface area contributed by atoms with Gasteiger partial charge in [-0.05, 0) is 43.7 Å². The van der Waals surface area contributed by atoms with Crippen LogP contribution >= 0.6 is 11.3 Å². The maximum atomic E-state index is 5.76. The molecule has 7 heteroatoms. The van der Waals surface area contributed by atoms with Gasteiger partial charge in [-0.1, -0.05) is 11.8 Å². The molecule has 4 rings (SSSR count). The molecule has 3 aromatic rings. The van der Waals surface area contributed by atoms with Gasteiger partial charge in [0, 0.05) is 35.6 Å². The Hall–Kier alpha value is -2.63. The molecule has 0 atom stereocenters. The standard InChI is InChI=1S/C25H28N2O4S/c1-17(2)30-12-10-29-8-4-5-21-14-19(16-32-21)24-23-15-18-13-20(31-11-9-28-3)6-7-22(18)25(23)27-26-24/h6-7,13-14,16-17H,8-12,15H2,1-3H3,(H,26,27). The van der Waals surface area contributed by atoms with Crippen molar-refractivity contribution in [2.45, 2.75) is 26.4 Å². The third-order valence-corrected chi connectivity index (χ3v) is 5.92. The van der Waals surface area contributed by atoms with Crippen molar-refractivity contribution in [1.82, 2.24) is 10.2 Å². The van der Waals surface area contributed by atoms with E-state index >= 15 is 0 Å². The molecule has 0 unspecified atom stereocenters. The molecule has 0 bridgehead atoms. The van der Waals surface area contributed by atoms with Crippen molar-refractivity contribution >= 4 is 11.3 Å². The van der Waals surface area contributed by atoms with Crippen LogP contribution in [0.25, 0.3) is 22.5 Å². The summed E-state index contributed by atoms with van der Waals surface area (Å²) in [4.78, 5) is 1.00. The average molecular weight is 453 g/mol. The van der Waals surface area contributed by atoms with E-state index in [0.717, 1.165) is 34.0 Å². The summed E-state index contributed by atoms with van der Waals surface area (Å²) in [7, 11) is 1.67. The smallest absolute Gasteiger partial charge is 0.119 e. The predicted molar refractivity (Wildman–Crippen MR) is 126 cm³/mol. The van der Waals surface area contributed by atoms with Gasteiger partial charge < -0.3 is 18.9 Å². The van der Waals surface area contributed by atoms with Crippen LogP contribution in [0.15, 0.2) is 29.6 Å². The molecule has 6 nitrogen and oxygen atoms in total. The van der Waals surface area contributed by atoms with E-state index in [2.05, 4.69) is 45.6 Å². The van der Waals surface area contributed by atoms with Gasteiger partial charge in [-0.3, -0.25) is 5.10 Å². The molecule has 2 aromatic heterocycles. The van der Waals surface area contributed by atoms with E-state index in [0.29, 0.717) is 33.0 Å². The van der Waals surface area contributed by atoms with Gasteiger partial charge in [0.25, 0.3) is 0 Å². The Morgan fingerprint density at radius 1 is 1.16 bits per heavy atom. The number of benzene rings is 1. The average Bonchev–Trinajstić information content (AvgIpc) is 3.48. The van der Waals surface area contributed by atoms with Crippen molar-refractivity contribution in [1.29, 1.82) is 0 Å². The fraction of sp³-hybridized carbons (Fsp3) is 0.400. The Morgan fingerprint density at radius 3 is 2.91 bits per heavy atom. The number of methoxy groups -OCH3 is 1. The number of thiophene rings is 1. The maximum absolute atomic E-state index is 5.76. The second kappa shape index (κ2) is 10.8. The molecule has 1 aliphatic carbocycles. The number of hydrogen-bond acceptors (Lipinski definition) is 6. The lowest BCUT2D eigenvalue weighted by atomic mass is 10.1. The minimum Gasteiger partial charge on any atom is -0.491 e. The van der Waals surface area contributed by atoms with Gasteiger partial charge in [0.05, 0.1) is 42.2 Å². The van der Waals surface area contributed by atoms with Crippen molar-refractivity contribution in [2.75, 3.05) is 40.1 Å². The highest BCUT2D eigenvalue weighted by atomic mass is 32.1. The van der Waals surface area contributed by atoms with Crippen LogP contribution in [0, 0.1) is 11.8 Å². The molecule has 0 radical (unpaired) electrons. The highest BCUT2D eigenvalue weighted by molar-refractivity contribution is 7.11. The fourth-order valence-electron chi connectivity index (χ4n) is 3.60. The first-order valence-electron chi connectivity index (χ1n) is 10.7. The molecule has 0 spiro atoms. The molecule has 0 saturated carbocycles. The summed E-state index contributed by atoms with van der Waals surface area (Å²) in [5.74, 6) is 7.12. The molecule has 32 heavy (non-hydrogen) atoms. The zero-order valence-electron chi connectivity index (χ0n) is 18.7. The third-order valence-electron chi connectivity index (χ3n) is 5.07. The molecular weight excluding hydrogens is 424 g/mol. The van der Waals surface area contributed by atoms with E-state index in [9.17, 15) is 0 Å².